The van der Waals surface area contributed by atoms with Crippen LogP contribution in [0.3, 0.4) is 0 Å². The van der Waals surface area contributed by atoms with Gasteiger partial charge in [0.05, 0.1) is 12.5 Å². The third-order valence-electron chi connectivity index (χ3n) is 3.98. The van der Waals surface area contributed by atoms with E-state index < -0.39 is 5.91 Å². The van der Waals surface area contributed by atoms with Gasteiger partial charge in [0, 0.05) is 36.4 Å². The molecule has 1 amide bonds. The van der Waals surface area contributed by atoms with Crippen LogP contribution in [0.5, 0.6) is 0 Å². The van der Waals surface area contributed by atoms with Gasteiger partial charge in [-0.25, -0.2) is 21.3 Å². The van der Waals surface area contributed by atoms with E-state index in [-0.39, 0.29) is 12.5 Å². The van der Waals surface area contributed by atoms with E-state index in [4.69, 9.17) is 16.8 Å². The maximum absolute atomic E-state index is 11.6. The summed E-state index contributed by atoms with van der Waals surface area (Å²) in [7, 11) is 1.78. The zero-order chi connectivity index (χ0) is 19.6. The average Bonchev–Trinajstić information content (AvgIpc) is 2.68. The third kappa shape index (κ3) is 6.33. The van der Waals surface area contributed by atoms with Gasteiger partial charge >= 0.3 is 0 Å². The van der Waals surface area contributed by atoms with Crippen LogP contribution in [-0.2, 0) is 11.2 Å². The minimum atomic E-state index is -0.519. The molecule has 0 spiro atoms. The molecule has 1 unspecified atom stereocenters. The lowest BCUT2D eigenvalue weighted by Crippen LogP contribution is -2.42. The summed E-state index contributed by atoms with van der Waals surface area (Å²) in [4.78, 5) is 19.7. The Morgan fingerprint density at radius 1 is 1.26 bits per heavy atom. The van der Waals surface area contributed by atoms with Crippen LogP contribution in [0.2, 0.25) is 0 Å². The summed E-state index contributed by atoms with van der Waals surface area (Å²) < 4.78 is 0. The summed E-state index contributed by atoms with van der Waals surface area (Å²) in [6, 6.07) is 7.46. The van der Waals surface area contributed by atoms with Crippen molar-refractivity contribution in [2.24, 2.45) is 11.6 Å². The number of carbonyl (C=O) groups excluding carboxylic acids is 1. The molecule has 1 aromatic heterocycles. The van der Waals surface area contributed by atoms with Crippen LogP contribution in [0, 0.1) is 0 Å². The van der Waals surface area contributed by atoms with Crippen LogP contribution in [0.1, 0.15) is 12.0 Å². The van der Waals surface area contributed by atoms with Gasteiger partial charge in [-0.15, -0.1) is 0 Å². The molecule has 0 aliphatic heterocycles. The summed E-state index contributed by atoms with van der Waals surface area (Å²) in [5.74, 6) is 5.57. The molecule has 0 radical (unpaired) electrons. The highest BCUT2D eigenvalue weighted by Gasteiger charge is 2.18. The summed E-state index contributed by atoms with van der Waals surface area (Å²) in [6.45, 7) is 0.473. The Morgan fingerprint density at radius 2 is 1.93 bits per heavy atom. The van der Waals surface area contributed by atoms with Gasteiger partial charge in [0.1, 0.15) is 6.33 Å². The van der Waals surface area contributed by atoms with Gasteiger partial charge in [0.25, 0.3) is 0 Å². The van der Waals surface area contributed by atoms with Crippen LogP contribution < -0.4 is 22.4 Å². The fourth-order valence-corrected chi connectivity index (χ4v) is 2.64. The number of benzene rings is 1. The van der Waals surface area contributed by atoms with Crippen molar-refractivity contribution >= 4 is 5.91 Å². The number of nitrogens with one attached hydrogen (secondary N) is 2. The van der Waals surface area contributed by atoms with E-state index >= 15 is 0 Å². The van der Waals surface area contributed by atoms with Crippen LogP contribution in [-0.4, -0.2) is 45.7 Å². The maximum atomic E-state index is 11.6. The quantitative estimate of drug-likeness (QED) is 0.238. The van der Waals surface area contributed by atoms with Crippen molar-refractivity contribution in [2.75, 3.05) is 13.6 Å². The largest absolute Gasteiger partial charge is 0.400 e. The van der Waals surface area contributed by atoms with Crippen molar-refractivity contribution < 1.29 is 10.0 Å². The lowest BCUT2D eigenvalue weighted by atomic mass is 10.00. The van der Waals surface area contributed by atoms with Gasteiger partial charge in [-0.3, -0.25) is 10.0 Å². The van der Waals surface area contributed by atoms with Crippen molar-refractivity contribution in [1.82, 2.24) is 25.8 Å². The summed E-state index contributed by atoms with van der Waals surface area (Å²) >= 11 is 0. The van der Waals surface area contributed by atoms with E-state index in [1.165, 1.54) is 11.3 Å². The molecule has 0 fully saturated rings. The smallest absolute Gasteiger partial charge is 0.245 e. The molecule has 144 valence electrons. The molecule has 0 aliphatic rings. The van der Waals surface area contributed by atoms with Crippen molar-refractivity contribution in [3.63, 3.8) is 0 Å². The Bertz CT molecular complexity index is 750. The van der Waals surface area contributed by atoms with Crippen molar-refractivity contribution in [3.05, 3.63) is 60.4 Å². The molecule has 9 nitrogen and oxygen atoms in total. The molecule has 27 heavy (non-hydrogen) atoms. The Labute approximate surface area is 158 Å². The number of amides is 1. The second-order valence-corrected chi connectivity index (χ2v) is 6.10. The van der Waals surface area contributed by atoms with Gasteiger partial charge in [0.15, 0.2) is 0 Å². The second-order valence-electron chi connectivity index (χ2n) is 6.10. The molecule has 0 bridgehead atoms. The zero-order valence-corrected chi connectivity index (χ0v) is 15.2. The molecular weight excluding hydrogens is 346 g/mol. The van der Waals surface area contributed by atoms with Gasteiger partial charge in [0.2, 0.25) is 5.91 Å². The standard InChI is InChI=1S/C18H25N7O2/c1-21-10-16(19)11-25(20)17(7-18(26)24-27)6-13-2-4-14(5-3-13)15-8-22-12-23-9-15/h2-5,8-9,11-12,17,21,27H,6-7,10,19-20H2,1H3,(H,24,26)/b16-11-. The molecule has 2 rings (SSSR count). The number of hydrogen-bond donors (Lipinski definition) is 5. The van der Waals surface area contributed by atoms with Crippen LogP contribution in [0.4, 0.5) is 0 Å². The van der Waals surface area contributed by atoms with E-state index in [2.05, 4.69) is 15.3 Å². The minimum Gasteiger partial charge on any atom is -0.400 e. The molecule has 0 aliphatic carbocycles. The lowest BCUT2D eigenvalue weighted by molar-refractivity contribution is -0.130. The highest BCUT2D eigenvalue weighted by Crippen LogP contribution is 2.19. The second kappa shape index (κ2) is 10.2. The van der Waals surface area contributed by atoms with Crippen LogP contribution in [0.15, 0.2) is 54.9 Å². The van der Waals surface area contributed by atoms with E-state index in [9.17, 15) is 4.79 Å². The monoisotopic (exact) mass is 371 g/mol. The number of carbonyl (C=O) groups is 1. The van der Waals surface area contributed by atoms with E-state index in [0.717, 1.165) is 16.7 Å². The topological polar surface area (TPSA) is 142 Å². The van der Waals surface area contributed by atoms with Gasteiger partial charge in [-0.05, 0) is 24.6 Å². The van der Waals surface area contributed by atoms with Crippen molar-refractivity contribution in [1.29, 1.82) is 0 Å². The molecule has 0 saturated heterocycles. The van der Waals surface area contributed by atoms with Crippen LogP contribution >= 0.6 is 0 Å². The normalized spacial score (nSPS) is 12.5. The molecule has 1 atom stereocenters. The Morgan fingerprint density at radius 3 is 2.52 bits per heavy atom. The number of hydroxylamine groups is 1. The Balaban J connectivity index is 2.14. The molecule has 9 heteroatoms. The van der Waals surface area contributed by atoms with Crippen molar-refractivity contribution in [2.45, 2.75) is 18.9 Å². The van der Waals surface area contributed by atoms with Gasteiger partial charge < -0.3 is 16.1 Å². The molecule has 1 heterocycles. The molecule has 1 aromatic carbocycles. The minimum absolute atomic E-state index is 0.0185. The number of likely N-dealkylation sites (N-methyl/N-ethyl adjacent to an activating group) is 1. The summed E-state index contributed by atoms with van der Waals surface area (Å²) in [6.07, 6.45) is 7.07. The Kier molecular flexibility index (Phi) is 7.68. The predicted octanol–water partition coefficient (Wildman–Crippen LogP) is 0.145. The molecule has 0 saturated carbocycles. The van der Waals surface area contributed by atoms with Gasteiger partial charge in [-0.1, -0.05) is 24.3 Å². The number of nitrogens with zero attached hydrogens (tertiary/aromatic N) is 3. The first kappa shape index (κ1) is 20.3. The molecule has 7 N–H and O–H groups in total. The van der Waals surface area contributed by atoms with Crippen molar-refractivity contribution in [3.8, 4) is 11.1 Å². The fraction of sp³-hybridized carbons (Fsp3) is 0.278. The first-order valence-corrected chi connectivity index (χ1v) is 8.44. The Hall–Kier alpha value is -3.01. The van der Waals surface area contributed by atoms with E-state index in [0.29, 0.717) is 18.7 Å². The zero-order valence-electron chi connectivity index (χ0n) is 15.2. The number of hydrogen-bond acceptors (Lipinski definition) is 8. The van der Waals surface area contributed by atoms with Crippen LogP contribution in [0.25, 0.3) is 11.1 Å². The predicted molar refractivity (Wildman–Crippen MR) is 102 cm³/mol. The maximum Gasteiger partial charge on any atom is 0.245 e. The van der Waals surface area contributed by atoms with Gasteiger partial charge in [-0.2, -0.15) is 0 Å². The fourth-order valence-electron chi connectivity index (χ4n) is 2.64. The molecular formula is C18H25N7O2. The summed E-state index contributed by atoms with van der Waals surface area (Å²) in [5.41, 5.74) is 11.0. The SMILES string of the molecule is CNC/C(N)=C/N(N)C(CC(=O)NO)Cc1ccc(-c2cncnc2)cc1. The number of rotatable bonds is 9. The number of aromatic nitrogens is 2. The summed E-state index contributed by atoms with van der Waals surface area (Å²) in [5, 5.41) is 13.2. The van der Waals surface area contributed by atoms with E-state index in [1.54, 1.807) is 31.1 Å². The third-order valence-corrected chi connectivity index (χ3v) is 3.98. The first-order chi connectivity index (χ1) is 13.0. The molecule has 2 aromatic rings. The highest BCUT2D eigenvalue weighted by atomic mass is 16.5. The van der Waals surface area contributed by atoms with E-state index in [1.807, 2.05) is 24.3 Å². The number of hydrazine groups is 1. The lowest BCUT2D eigenvalue weighted by Gasteiger charge is -2.26. The number of nitrogens with two attached hydrogens (primary N) is 2. The first-order valence-electron chi connectivity index (χ1n) is 8.44. The average molecular weight is 371 g/mol. The highest BCUT2D eigenvalue weighted by molar-refractivity contribution is 5.75.